The quantitative estimate of drug-likeness (QED) is 0.716. The molecule has 86 valence electrons. The predicted molar refractivity (Wildman–Crippen MR) is 54.7 cm³/mol. The molecule has 1 aliphatic rings. The summed E-state index contributed by atoms with van der Waals surface area (Å²) in [4.78, 5) is 25.4. The SMILES string of the molecule is O=CN1CCN(C(=O)Nc2ccon2)CC1. The van der Waals surface area contributed by atoms with Crippen LogP contribution in [-0.4, -0.2) is 53.6 Å². The summed E-state index contributed by atoms with van der Waals surface area (Å²) >= 11 is 0. The molecular formula is C9H12N4O3. The highest BCUT2D eigenvalue weighted by atomic mass is 16.5. The van der Waals surface area contributed by atoms with Crippen LogP contribution >= 0.6 is 0 Å². The highest BCUT2D eigenvalue weighted by molar-refractivity contribution is 5.88. The molecule has 1 aliphatic heterocycles. The monoisotopic (exact) mass is 224 g/mol. The van der Waals surface area contributed by atoms with Crippen molar-refractivity contribution in [2.24, 2.45) is 0 Å². The van der Waals surface area contributed by atoms with Crippen LogP contribution in [0.25, 0.3) is 0 Å². The smallest absolute Gasteiger partial charge is 0.323 e. The summed E-state index contributed by atoms with van der Waals surface area (Å²) in [7, 11) is 0. The molecule has 0 aliphatic carbocycles. The first kappa shape index (κ1) is 10.5. The first-order chi connectivity index (χ1) is 7.79. The van der Waals surface area contributed by atoms with Crippen molar-refractivity contribution in [1.29, 1.82) is 0 Å². The van der Waals surface area contributed by atoms with E-state index < -0.39 is 0 Å². The van der Waals surface area contributed by atoms with Gasteiger partial charge >= 0.3 is 6.03 Å². The lowest BCUT2D eigenvalue weighted by Crippen LogP contribution is -2.49. The van der Waals surface area contributed by atoms with Gasteiger partial charge in [0.05, 0.1) is 0 Å². The van der Waals surface area contributed by atoms with Crippen LogP contribution in [0.3, 0.4) is 0 Å². The van der Waals surface area contributed by atoms with Crippen molar-refractivity contribution >= 4 is 18.3 Å². The molecule has 0 atom stereocenters. The summed E-state index contributed by atoms with van der Waals surface area (Å²) in [6.07, 6.45) is 2.19. The molecule has 1 fully saturated rings. The van der Waals surface area contributed by atoms with E-state index in [1.165, 1.54) is 6.26 Å². The average molecular weight is 224 g/mol. The van der Waals surface area contributed by atoms with Crippen LogP contribution in [0.2, 0.25) is 0 Å². The molecule has 3 amide bonds. The molecule has 0 bridgehead atoms. The average Bonchev–Trinajstić information content (AvgIpc) is 2.82. The largest absolute Gasteiger partial charge is 0.363 e. The second-order valence-corrected chi connectivity index (χ2v) is 3.44. The Labute approximate surface area is 92.0 Å². The maximum atomic E-state index is 11.7. The minimum Gasteiger partial charge on any atom is -0.363 e. The summed E-state index contributed by atoms with van der Waals surface area (Å²) in [6.45, 7) is 2.19. The molecule has 0 aromatic carbocycles. The number of anilines is 1. The van der Waals surface area contributed by atoms with E-state index >= 15 is 0 Å². The molecule has 0 radical (unpaired) electrons. The van der Waals surface area contributed by atoms with E-state index in [4.69, 9.17) is 0 Å². The van der Waals surface area contributed by atoms with Gasteiger partial charge in [0.15, 0.2) is 5.82 Å². The third kappa shape index (κ3) is 2.30. The second kappa shape index (κ2) is 4.65. The van der Waals surface area contributed by atoms with Crippen LogP contribution in [0, 0.1) is 0 Å². The maximum absolute atomic E-state index is 11.7. The van der Waals surface area contributed by atoms with E-state index in [0.717, 1.165) is 6.41 Å². The molecule has 16 heavy (non-hydrogen) atoms. The van der Waals surface area contributed by atoms with Crippen LogP contribution in [0.5, 0.6) is 0 Å². The fraction of sp³-hybridized carbons (Fsp3) is 0.444. The summed E-state index contributed by atoms with van der Waals surface area (Å²) in [5, 5.41) is 6.18. The van der Waals surface area contributed by atoms with Gasteiger partial charge in [-0.15, -0.1) is 0 Å². The molecule has 7 heteroatoms. The molecule has 1 aromatic heterocycles. The van der Waals surface area contributed by atoms with E-state index in [1.807, 2.05) is 0 Å². The predicted octanol–water partition coefficient (Wildman–Crippen LogP) is -0.0195. The Bertz CT molecular complexity index is 357. The first-order valence-electron chi connectivity index (χ1n) is 4.95. The second-order valence-electron chi connectivity index (χ2n) is 3.44. The van der Waals surface area contributed by atoms with Gasteiger partial charge in [-0.3, -0.25) is 10.1 Å². The number of piperazine rings is 1. The third-order valence-corrected chi connectivity index (χ3v) is 2.42. The number of aromatic nitrogens is 1. The highest BCUT2D eigenvalue weighted by Gasteiger charge is 2.20. The standard InChI is InChI=1S/C9H12N4O3/c14-7-12-2-4-13(5-3-12)9(15)10-8-1-6-16-11-8/h1,6-7H,2-5H2,(H,10,11,15). The van der Waals surface area contributed by atoms with Gasteiger partial charge in [-0.25, -0.2) is 4.79 Å². The van der Waals surface area contributed by atoms with Crippen molar-refractivity contribution in [2.45, 2.75) is 0 Å². The molecule has 0 spiro atoms. The highest BCUT2D eigenvalue weighted by Crippen LogP contribution is 2.05. The molecule has 2 rings (SSSR count). The third-order valence-electron chi connectivity index (χ3n) is 2.42. The number of nitrogens with zero attached hydrogens (tertiary/aromatic N) is 3. The Hall–Kier alpha value is -2.05. The molecule has 0 saturated carbocycles. The number of amides is 3. The van der Waals surface area contributed by atoms with Gasteiger partial charge in [0, 0.05) is 32.2 Å². The Morgan fingerprint density at radius 3 is 2.75 bits per heavy atom. The van der Waals surface area contributed by atoms with Crippen molar-refractivity contribution < 1.29 is 14.1 Å². The lowest BCUT2D eigenvalue weighted by Gasteiger charge is -2.32. The number of carbonyl (C=O) groups is 2. The Kier molecular flexibility index (Phi) is 3.04. The van der Waals surface area contributed by atoms with E-state index in [1.54, 1.807) is 15.9 Å². The number of rotatable bonds is 2. The summed E-state index contributed by atoms with van der Waals surface area (Å²) in [6, 6.07) is 1.35. The number of urea groups is 1. The van der Waals surface area contributed by atoms with Crippen LogP contribution in [-0.2, 0) is 4.79 Å². The van der Waals surface area contributed by atoms with E-state index in [-0.39, 0.29) is 6.03 Å². The Morgan fingerprint density at radius 2 is 2.19 bits per heavy atom. The van der Waals surface area contributed by atoms with Crippen LogP contribution in [0.4, 0.5) is 10.6 Å². The van der Waals surface area contributed by atoms with E-state index in [0.29, 0.717) is 32.0 Å². The zero-order valence-corrected chi connectivity index (χ0v) is 8.63. The summed E-state index contributed by atoms with van der Waals surface area (Å²) in [5.41, 5.74) is 0. The van der Waals surface area contributed by atoms with Gasteiger partial charge in [0.25, 0.3) is 0 Å². The van der Waals surface area contributed by atoms with Crippen molar-refractivity contribution in [3.8, 4) is 0 Å². The van der Waals surface area contributed by atoms with Crippen LogP contribution < -0.4 is 5.32 Å². The van der Waals surface area contributed by atoms with E-state index in [9.17, 15) is 9.59 Å². The summed E-state index contributed by atoms with van der Waals surface area (Å²) < 4.78 is 4.60. The van der Waals surface area contributed by atoms with Crippen molar-refractivity contribution in [2.75, 3.05) is 31.5 Å². The number of carbonyl (C=O) groups excluding carboxylic acids is 2. The molecule has 7 nitrogen and oxygen atoms in total. The number of nitrogens with one attached hydrogen (secondary N) is 1. The van der Waals surface area contributed by atoms with Gasteiger partial charge in [-0.05, 0) is 0 Å². The number of hydrogen-bond acceptors (Lipinski definition) is 4. The van der Waals surface area contributed by atoms with E-state index in [2.05, 4.69) is 15.0 Å². The minimum absolute atomic E-state index is 0.223. The fourth-order valence-electron chi connectivity index (χ4n) is 1.50. The molecule has 1 N–H and O–H groups in total. The van der Waals surface area contributed by atoms with Gasteiger partial charge < -0.3 is 14.3 Å². The lowest BCUT2D eigenvalue weighted by atomic mass is 10.3. The van der Waals surface area contributed by atoms with Crippen molar-refractivity contribution in [3.05, 3.63) is 12.3 Å². The molecule has 2 heterocycles. The Morgan fingerprint density at radius 1 is 1.44 bits per heavy atom. The normalized spacial score (nSPS) is 16.0. The summed E-state index contributed by atoms with van der Waals surface area (Å²) in [5.74, 6) is 0.391. The van der Waals surface area contributed by atoms with Crippen molar-refractivity contribution in [3.63, 3.8) is 0 Å². The van der Waals surface area contributed by atoms with Crippen LogP contribution in [0.1, 0.15) is 0 Å². The van der Waals surface area contributed by atoms with Gasteiger partial charge in [-0.1, -0.05) is 5.16 Å². The first-order valence-corrected chi connectivity index (χ1v) is 4.95. The van der Waals surface area contributed by atoms with Crippen LogP contribution in [0.15, 0.2) is 16.9 Å². The van der Waals surface area contributed by atoms with Gasteiger partial charge in [0.1, 0.15) is 6.26 Å². The molecule has 0 unspecified atom stereocenters. The fourth-order valence-corrected chi connectivity index (χ4v) is 1.50. The topological polar surface area (TPSA) is 78.7 Å². The maximum Gasteiger partial charge on any atom is 0.323 e. The molecular weight excluding hydrogens is 212 g/mol. The number of hydrogen-bond donors (Lipinski definition) is 1. The molecule has 1 saturated heterocycles. The zero-order chi connectivity index (χ0) is 11.4. The van der Waals surface area contributed by atoms with Crippen molar-refractivity contribution in [1.82, 2.24) is 15.0 Å². The zero-order valence-electron chi connectivity index (χ0n) is 8.63. The Balaban J connectivity index is 1.84. The van der Waals surface area contributed by atoms with Gasteiger partial charge in [-0.2, -0.15) is 0 Å². The minimum atomic E-state index is -0.223. The molecule has 1 aromatic rings. The lowest BCUT2D eigenvalue weighted by molar-refractivity contribution is -0.119. The van der Waals surface area contributed by atoms with Gasteiger partial charge in [0.2, 0.25) is 6.41 Å².